The van der Waals surface area contributed by atoms with E-state index in [-0.39, 0.29) is 5.41 Å². The van der Waals surface area contributed by atoms with E-state index in [2.05, 4.69) is 4.90 Å². The maximum absolute atomic E-state index is 13.2. The van der Waals surface area contributed by atoms with Crippen LogP contribution in [-0.4, -0.2) is 67.5 Å². The Hall–Kier alpha value is -2.15. The second kappa shape index (κ2) is 9.25. The number of alkyl halides is 6. The third-order valence-corrected chi connectivity index (χ3v) is 8.60. The molecular weight excluding hydrogens is 522 g/mol. The van der Waals surface area contributed by atoms with Crippen molar-refractivity contribution in [3.63, 3.8) is 0 Å². The zero-order valence-corrected chi connectivity index (χ0v) is 21.1. The Balaban J connectivity index is 1.50. The zero-order valence-electron chi connectivity index (χ0n) is 20.3. The molecule has 2 aliphatic heterocycles. The van der Waals surface area contributed by atoms with E-state index in [1.165, 1.54) is 10.6 Å². The predicted octanol–water partition coefficient (Wildman–Crippen LogP) is 4.70. The Morgan fingerprint density at radius 3 is 2.05 bits per heavy atom. The number of benzene rings is 2. The van der Waals surface area contributed by atoms with Crippen LogP contribution in [0.3, 0.4) is 0 Å². The van der Waals surface area contributed by atoms with Crippen molar-refractivity contribution < 1.29 is 39.9 Å². The normalized spacial score (nSPS) is 19.4. The highest BCUT2D eigenvalue weighted by Crippen LogP contribution is 2.50. The highest BCUT2D eigenvalue weighted by Gasteiger charge is 2.71. The number of sulfonamides is 1. The topological polar surface area (TPSA) is 60.9 Å². The first-order valence-electron chi connectivity index (χ1n) is 11.8. The number of nitrogens with zero attached hydrogens (tertiary/aromatic N) is 2. The monoisotopic (exact) mass is 550 g/mol. The highest BCUT2D eigenvalue weighted by molar-refractivity contribution is 7.88. The van der Waals surface area contributed by atoms with Gasteiger partial charge >= 0.3 is 12.4 Å². The Morgan fingerprint density at radius 1 is 0.946 bits per heavy atom. The molecule has 0 radical (unpaired) electrons. The SMILES string of the molecule is CCc1cc(CN2CCC3(C2)CN(S(C)(=O)=O)C3)ccc1-c1ccc(C(O)(C(F)(F)F)C(F)(F)F)cc1. The Morgan fingerprint density at radius 2 is 1.54 bits per heavy atom. The molecule has 2 fully saturated rings. The van der Waals surface area contributed by atoms with Crippen molar-refractivity contribution in [3.05, 3.63) is 59.2 Å². The van der Waals surface area contributed by atoms with E-state index in [1.807, 2.05) is 19.1 Å². The fourth-order valence-corrected chi connectivity index (χ4v) is 6.33. The van der Waals surface area contributed by atoms with Crippen LogP contribution >= 0.6 is 0 Å². The molecule has 0 amide bonds. The molecule has 37 heavy (non-hydrogen) atoms. The molecule has 5 nitrogen and oxygen atoms in total. The van der Waals surface area contributed by atoms with Gasteiger partial charge in [-0.15, -0.1) is 0 Å². The number of aliphatic hydroxyl groups is 1. The summed E-state index contributed by atoms with van der Waals surface area (Å²) >= 11 is 0. The third-order valence-electron chi connectivity index (χ3n) is 7.40. The number of likely N-dealkylation sites (tertiary alicyclic amines) is 1. The molecular formula is C25H28F6N2O3S. The lowest BCUT2D eigenvalue weighted by molar-refractivity contribution is -0.376. The van der Waals surface area contributed by atoms with Crippen molar-refractivity contribution in [2.75, 3.05) is 32.4 Å². The van der Waals surface area contributed by atoms with Crippen LogP contribution in [0.15, 0.2) is 42.5 Å². The van der Waals surface area contributed by atoms with Crippen molar-refractivity contribution in [2.45, 2.75) is 44.3 Å². The average molecular weight is 551 g/mol. The molecule has 0 bridgehead atoms. The third kappa shape index (κ3) is 5.13. The van der Waals surface area contributed by atoms with Gasteiger partial charge in [-0.3, -0.25) is 4.90 Å². The van der Waals surface area contributed by atoms with Crippen LogP contribution in [0, 0.1) is 5.41 Å². The summed E-state index contributed by atoms with van der Waals surface area (Å²) in [6, 6.07) is 9.26. The summed E-state index contributed by atoms with van der Waals surface area (Å²) in [5.41, 5.74) is -3.26. The molecule has 0 unspecified atom stereocenters. The smallest absolute Gasteiger partial charge is 0.369 e. The summed E-state index contributed by atoms with van der Waals surface area (Å²) in [6.07, 6.45) is -9.15. The van der Waals surface area contributed by atoms with Gasteiger partial charge in [0, 0.05) is 37.2 Å². The molecule has 2 aromatic carbocycles. The Bertz CT molecular complexity index is 1240. The second-order valence-corrected chi connectivity index (χ2v) is 12.1. The van der Waals surface area contributed by atoms with Crippen LogP contribution in [0.1, 0.15) is 30.0 Å². The van der Waals surface area contributed by atoms with Gasteiger partial charge in [-0.05, 0) is 41.6 Å². The number of rotatable bonds is 6. The van der Waals surface area contributed by atoms with E-state index >= 15 is 0 Å². The van der Waals surface area contributed by atoms with E-state index in [1.54, 1.807) is 6.07 Å². The summed E-state index contributed by atoms with van der Waals surface area (Å²) < 4.78 is 104. The quantitative estimate of drug-likeness (QED) is 0.530. The minimum Gasteiger partial charge on any atom is -0.369 e. The fraction of sp³-hybridized carbons (Fsp3) is 0.520. The van der Waals surface area contributed by atoms with Gasteiger partial charge in [0.05, 0.1) is 6.26 Å². The second-order valence-electron chi connectivity index (χ2n) is 10.1. The molecule has 1 N–H and O–H groups in total. The number of hydrogen-bond acceptors (Lipinski definition) is 4. The minimum absolute atomic E-state index is 0.0207. The summed E-state index contributed by atoms with van der Waals surface area (Å²) in [6.45, 7) is 5.22. The maximum atomic E-state index is 13.2. The first-order chi connectivity index (χ1) is 17.0. The van der Waals surface area contributed by atoms with Gasteiger partial charge in [-0.1, -0.05) is 49.4 Å². The molecule has 0 aromatic heterocycles. The van der Waals surface area contributed by atoms with Crippen molar-refractivity contribution in [3.8, 4) is 11.1 Å². The lowest BCUT2D eigenvalue weighted by Crippen LogP contribution is -2.59. The van der Waals surface area contributed by atoms with Gasteiger partial charge in [0.2, 0.25) is 10.0 Å². The molecule has 0 aliphatic carbocycles. The summed E-state index contributed by atoms with van der Waals surface area (Å²) in [4.78, 5) is 2.26. The highest BCUT2D eigenvalue weighted by atomic mass is 32.2. The van der Waals surface area contributed by atoms with Crippen molar-refractivity contribution >= 4 is 10.0 Å². The number of hydrogen-bond donors (Lipinski definition) is 1. The van der Waals surface area contributed by atoms with Crippen molar-refractivity contribution in [1.82, 2.24) is 9.21 Å². The zero-order chi connectivity index (χ0) is 27.4. The summed E-state index contributed by atoms with van der Waals surface area (Å²) in [5, 5.41) is 9.62. The average Bonchev–Trinajstić information content (AvgIpc) is 3.20. The molecule has 0 saturated carbocycles. The number of aryl methyl sites for hydroxylation is 1. The lowest BCUT2D eigenvalue weighted by Gasteiger charge is -2.46. The predicted molar refractivity (Wildman–Crippen MR) is 126 cm³/mol. The summed E-state index contributed by atoms with van der Waals surface area (Å²) in [7, 11) is -3.18. The fourth-order valence-electron chi connectivity index (χ4n) is 5.31. The molecule has 0 atom stereocenters. The Labute approximate surface area is 211 Å². The minimum atomic E-state index is -5.93. The van der Waals surface area contributed by atoms with Crippen LogP contribution in [0.5, 0.6) is 0 Å². The maximum Gasteiger partial charge on any atom is 0.430 e. The van der Waals surface area contributed by atoms with E-state index in [0.29, 0.717) is 49.3 Å². The molecule has 2 saturated heterocycles. The van der Waals surface area contributed by atoms with Crippen LogP contribution in [0.2, 0.25) is 0 Å². The molecule has 4 rings (SSSR count). The Kier molecular flexibility index (Phi) is 6.97. The lowest BCUT2D eigenvalue weighted by atomic mass is 9.81. The van der Waals surface area contributed by atoms with E-state index < -0.39 is 33.5 Å². The van der Waals surface area contributed by atoms with E-state index in [4.69, 9.17) is 0 Å². The van der Waals surface area contributed by atoms with Crippen LogP contribution in [0.4, 0.5) is 26.3 Å². The molecule has 12 heteroatoms. The molecule has 2 aliphatic rings. The number of halogens is 6. The van der Waals surface area contributed by atoms with Crippen molar-refractivity contribution in [1.29, 1.82) is 0 Å². The van der Waals surface area contributed by atoms with Gasteiger partial charge in [0.1, 0.15) is 0 Å². The van der Waals surface area contributed by atoms with Gasteiger partial charge in [-0.2, -0.15) is 26.3 Å². The first kappa shape index (κ1) is 27.9. The summed E-state index contributed by atoms with van der Waals surface area (Å²) in [5.74, 6) is 0. The molecule has 2 heterocycles. The van der Waals surface area contributed by atoms with Crippen LogP contribution in [-0.2, 0) is 28.6 Å². The first-order valence-corrected chi connectivity index (χ1v) is 13.6. The largest absolute Gasteiger partial charge is 0.430 e. The molecule has 1 spiro atoms. The van der Waals surface area contributed by atoms with Gasteiger partial charge < -0.3 is 5.11 Å². The molecule has 2 aromatic rings. The van der Waals surface area contributed by atoms with Crippen LogP contribution in [0.25, 0.3) is 11.1 Å². The van der Waals surface area contributed by atoms with Gasteiger partial charge in [0.25, 0.3) is 5.60 Å². The van der Waals surface area contributed by atoms with Crippen molar-refractivity contribution in [2.24, 2.45) is 5.41 Å². The van der Waals surface area contributed by atoms with E-state index in [9.17, 15) is 39.9 Å². The van der Waals surface area contributed by atoms with Gasteiger partial charge in [-0.25, -0.2) is 12.7 Å². The van der Waals surface area contributed by atoms with Gasteiger partial charge in [0.15, 0.2) is 0 Å². The molecule has 204 valence electrons. The van der Waals surface area contributed by atoms with Crippen LogP contribution < -0.4 is 0 Å². The van der Waals surface area contributed by atoms with E-state index in [0.717, 1.165) is 42.8 Å². The standard InChI is InChI=1S/C25H28F6N2O3S/c1-3-18-12-17(13-32-11-10-22(14-32)15-33(16-22)37(2,35)36)4-9-21(18)19-5-7-20(8-6-19)23(34,24(26,27)28)25(29,30)31/h4-9,12,34H,3,10-11,13-16H2,1-2H3.